The average Bonchev–Trinajstić information content (AvgIpc) is 3.36. The summed E-state index contributed by atoms with van der Waals surface area (Å²) in [7, 11) is 0. The highest BCUT2D eigenvalue weighted by Crippen LogP contribution is 2.23. The molecule has 4 heterocycles. The van der Waals surface area contributed by atoms with E-state index in [4.69, 9.17) is 0 Å². The van der Waals surface area contributed by atoms with Gasteiger partial charge in [0, 0.05) is 67.9 Å². The van der Waals surface area contributed by atoms with Crippen LogP contribution in [0.25, 0.3) is 0 Å². The Bertz CT molecular complexity index is 837. The first kappa shape index (κ1) is 19.1. The van der Waals surface area contributed by atoms with Gasteiger partial charge < -0.3 is 9.80 Å². The van der Waals surface area contributed by atoms with E-state index < -0.39 is 0 Å². The number of nitrogens with zero attached hydrogens (tertiary/aromatic N) is 4. The van der Waals surface area contributed by atoms with Gasteiger partial charge in [0.15, 0.2) is 5.69 Å². The van der Waals surface area contributed by atoms with Crippen molar-refractivity contribution in [2.45, 2.75) is 39.3 Å². The molecule has 28 heavy (non-hydrogen) atoms. The molecule has 4 rings (SSSR count). The second-order valence-electron chi connectivity index (χ2n) is 7.77. The molecule has 1 N–H and O–H groups in total. The molecule has 0 aliphatic carbocycles. The number of fused-ring (bicyclic) bond motifs is 1. The van der Waals surface area contributed by atoms with Crippen molar-refractivity contribution in [1.82, 2.24) is 24.9 Å². The number of piperazine rings is 1. The van der Waals surface area contributed by atoms with Gasteiger partial charge in [-0.1, -0.05) is 6.07 Å². The van der Waals surface area contributed by atoms with Crippen LogP contribution in [0.2, 0.25) is 0 Å². The molecule has 1 fully saturated rings. The number of carbonyl (C=O) groups is 2. The summed E-state index contributed by atoms with van der Waals surface area (Å²) < 4.78 is 0. The Morgan fingerprint density at radius 2 is 1.96 bits per heavy atom. The number of rotatable bonds is 4. The molecule has 1 saturated heterocycles. The Morgan fingerprint density at radius 1 is 1.18 bits per heavy atom. The summed E-state index contributed by atoms with van der Waals surface area (Å²) in [6, 6.07) is 4.45. The van der Waals surface area contributed by atoms with E-state index in [-0.39, 0.29) is 11.8 Å². The van der Waals surface area contributed by atoms with E-state index in [2.05, 4.69) is 28.9 Å². The molecule has 0 radical (unpaired) electrons. The van der Waals surface area contributed by atoms with E-state index >= 15 is 0 Å². The molecule has 2 aromatic heterocycles. The van der Waals surface area contributed by atoms with E-state index in [0.717, 1.165) is 42.3 Å². The number of aromatic amines is 1. The minimum atomic E-state index is -0.0199. The summed E-state index contributed by atoms with van der Waals surface area (Å²) in [6.45, 7) is 8.72. The predicted octanol–water partition coefficient (Wildman–Crippen LogP) is 1.76. The van der Waals surface area contributed by atoms with E-state index in [9.17, 15) is 9.59 Å². The molecular formula is C20H27N5O2S. The van der Waals surface area contributed by atoms with Crippen LogP contribution in [0.3, 0.4) is 0 Å². The first-order valence-corrected chi connectivity index (χ1v) is 10.8. The number of nitrogens with one attached hydrogen (secondary N) is 1. The highest BCUT2D eigenvalue weighted by molar-refractivity contribution is 7.10. The van der Waals surface area contributed by atoms with Gasteiger partial charge in [0.25, 0.3) is 5.91 Å². The monoisotopic (exact) mass is 401 g/mol. The number of H-pyrrole nitrogens is 1. The quantitative estimate of drug-likeness (QED) is 0.847. The molecule has 0 spiro atoms. The summed E-state index contributed by atoms with van der Waals surface area (Å²) in [5.74, 6) is 0.0895. The van der Waals surface area contributed by atoms with Gasteiger partial charge in [-0.2, -0.15) is 5.10 Å². The summed E-state index contributed by atoms with van der Waals surface area (Å²) in [5.41, 5.74) is 2.37. The predicted molar refractivity (Wildman–Crippen MR) is 108 cm³/mol. The van der Waals surface area contributed by atoms with Gasteiger partial charge in [-0.05, 0) is 25.3 Å². The van der Waals surface area contributed by atoms with Crippen LogP contribution in [0.15, 0.2) is 17.5 Å². The van der Waals surface area contributed by atoms with Crippen LogP contribution in [-0.2, 0) is 24.2 Å². The molecule has 150 valence electrons. The zero-order valence-electron chi connectivity index (χ0n) is 16.5. The van der Waals surface area contributed by atoms with Crippen molar-refractivity contribution in [3.8, 4) is 0 Å². The third kappa shape index (κ3) is 3.84. The summed E-state index contributed by atoms with van der Waals surface area (Å²) in [5, 5.41) is 9.35. The second kappa shape index (κ2) is 8.05. The van der Waals surface area contributed by atoms with Crippen molar-refractivity contribution in [1.29, 1.82) is 0 Å². The Kier molecular flexibility index (Phi) is 5.50. The molecule has 7 nitrogen and oxygen atoms in total. The number of thiophene rings is 1. The van der Waals surface area contributed by atoms with Crippen LogP contribution < -0.4 is 0 Å². The van der Waals surface area contributed by atoms with Crippen molar-refractivity contribution in [3.63, 3.8) is 0 Å². The Balaban J connectivity index is 1.43. The number of hydrogen-bond donors (Lipinski definition) is 1. The zero-order valence-corrected chi connectivity index (χ0v) is 17.3. The number of aromatic nitrogens is 2. The van der Waals surface area contributed by atoms with Gasteiger partial charge in [0.05, 0.1) is 6.42 Å². The van der Waals surface area contributed by atoms with E-state index in [0.29, 0.717) is 37.7 Å². The molecule has 0 atom stereocenters. The molecule has 0 saturated carbocycles. The molecule has 2 amide bonds. The lowest BCUT2D eigenvalue weighted by Crippen LogP contribution is -2.51. The highest BCUT2D eigenvalue weighted by Gasteiger charge is 2.31. The van der Waals surface area contributed by atoms with Crippen LogP contribution in [0.5, 0.6) is 0 Å². The molecular weight excluding hydrogens is 374 g/mol. The minimum Gasteiger partial charge on any atom is -0.338 e. The lowest BCUT2D eigenvalue weighted by Gasteiger charge is -2.36. The first-order chi connectivity index (χ1) is 13.5. The normalized spacial score (nSPS) is 17.8. The first-order valence-electron chi connectivity index (χ1n) is 9.92. The standard InChI is InChI=1S/C20H27N5O2S/c1-14(2)23-7-9-24(10-8-23)20(27)19-16-13-25(6-5-17(16)21-22-19)18(26)12-15-4-3-11-28-15/h3-4,11,14H,5-10,12-13H2,1-2H3,(H,21,22). The molecule has 0 bridgehead atoms. The van der Waals surface area contributed by atoms with E-state index in [1.807, 2.05) is 27.3 Å². The maximum Gasteiger partial charge on any atom is 0.274 e. The topological polar surface area (TPSA) is 72.5 Å². The summed E-state index contributed by atoms with van der Waals surface area (Å²) >= 11 is 1.60. The molecule has 2 aliphatic heterocycles. The van der Waals surface area contributed by atoms with E-state index in [1.54, 1.807) is 11.3 Å². The minimum absolute atomic E-state index is 0.0199. The third-order valence-electron chi connectivity index (χ3n) is 5.73. The van der Waals surface area contributed by atoms with Crippen LogP contribution in [0.1, 0.15) is 40.5 Å². The number of hydrogen-bond acceptors (Lipinski definition) is 5. The summed E-state index contributed by atoms with van der Waals surface area (Å²) in [4.78, 5) is 32.9. The van der Waals surface area contributed by atoms with Crippen LogP contribution >= 0.6 is 11.3 Å². The fourth-order valence-electron chi connectivity index (χ4n) is 3.95. The van der Waals surface area contributed by atoms with Crippen LogP contribution in [0, 0.1) is 0 Å². The van der Waals surface area contributed by atoms with Crippen LogP contribution in [-0.4, -0.2) is 75.5 Å². The number of carbonyl (C=O) groups excluding carboxylic acids is 2. The van der Waals surface area contributed by atoms with E-state index in [1.165, 1.54) is 0 Å². The largest absolute Gasteiger partial charge is 0.338 e. The van der Waals surface area contributed by atoms with Gasteiger partial charge in [-0.3, -0.25) is 19.6 Å². The molecule has 0 aromatic carbocycles. The van der Waals surface area contributed by atoms with Crippen molar-refractivity contribution in [2.24, 2.45) is 0 Å². The Morgan fingerprint density at radius 3 is 2.64 bits per heavy atom. The smallest absolute Gasteiger partial charge is 0.274 e. The van der Waals surface area contributed by atoms with Gasteiger partial charge in [-0.25, -0.2) is 0 Å². The molecule has 2 aliphatic rings. The van der Waals surface area contributed by atoms with Gasteiger partial charge in [0.1, 0.15) is 0 Å². The third-order valence-corrected chi connectivity index (χ3v) is 6.60. The molecule has 8 heteroatoms. The fraction of sp³-hybridized carbons (Fsp3) is 0.550. The highest BCUT2D eigenvalue weighted by atomic mass is 32.1. The fourth-order valence-corrected chi connectivity index (χ4v) is 4.65. The number of amides is 2. The van der Waals surface area contributed by atoms with Gasteiger partial charge in [-0.15, -0.1) is 11.3 Å². The van der Waals surface area contributed by atoms with Crippen molar-refractivity contribution >= 4 is 23.2 Å². The van der Waals surface area contributed by atoms with Gasteiger partial charge >= 0.3 is 0 Å². The molecule has 2 aromatic rings. The molecule has 0 unspecified atom stereocenters. The lowest BCUT2D eigenvalue weighted by atomic mass is 10.0. The zero-order chi connectivity index (χ0) is 19.7. The lowest BCUT2D eigenvalue weighted by molar-refractivity contribution is -0.131. The van der Waals surface area contributed by atoms with Crippen molar-refractivity contribution in [3.05, 3.63) is 39.3 Å². The van der Waals surface area contributed by atoms with Crippen LogP contribution in [0.4, 0.5) is 0 Å². The Labute approximate surface area is 169 Å². The van der Waals surface area contributed by atoms with Crippen molar-refractivity contribution < 1.29 is 9.59 Å². The average molecular weight is 402 g/mol. The summed E-state index contributed by atoms with van der Waals surface area (Å²) in [6.07, 6.45) is 1.14. The second-order valence-corrected chi connectivity index (χ2v) is 8.80. The maximum absolute atomic E-state index is 13.1. The van der Waals surface area contributed by atoms with Gasteiger partial charge in [0.2, 0.25) is 5.91 Å². The maximum atomic E-state index is 13.1. The SMILES string of the molecule is CC(C)N1CCN(C(=O)c2n[nH]c3c2CN(C(=O)Cc2cccs2)CC3)CC1. The Hall–Kier alpha value is -2.19. The van der Waals surface area contributed by atoms with Crippen molar-refractivity contribution in [2.75, 3.05) is 32.7 Å².